The molecule has 0 unspecified atom stereocenters. The smallest absolute Gasteiger partial charge is 0.233 e. The Morgan fingerprint density at radius 1 is 1.25 bits per heavy atom. The van der Waals surface area contributed by atoms with Crippen molar-refractivity contribution in [1.29, 1.82) is 0 Å². The maximum atomic E-state index is 12.5. The van der Waals surface area contributed by atoms with Crippen molar-refractivity contribution in [2.24, 2.45) is 0 Å². The van der Waals surface area contributed by atoms with Gasteiger partial charge in [0.05, 0.1) is 5.75 Å². The van der Waals surface area contributed by atoms with E-state index in [0.29, 0.717) is 35.7 Å². The molecule has 1 aliphatic heterocycles. The second-order valence-electron chi connectivity index (χ2n) is 7.01. The Morgan fingerprint density at radius 3 is 2.50 bits per heavy atom. The van der Waals surface area contributed by atoms with Gasteiger partial charge in [-0.1, -0.05) is 37.2 Å². The van der Waals surface area contributed by atoms with Gasteiger partial charge in [-0.15, -0.1) is 0 Å². The summed E-state index contributed by atoms with van der Waals surface area (Å²) in [6.45, 7) is 11.4. The number of hydrogen-bond donors (Lipinski definition) is 0. The fourth-order valence-corrected chi connectivity index (χ4v) is 4.35. The zero-order valence-electron chi connectivity index (χ0n) is 17.2. The second-order valence-corrected chi connectivity index (χ2v) is 8.34. The topological polar surface area (TPSA) is 69.6 Å². The molecule has 1 atom stereocenters. The highest BCUT2D eigenvalue weighted by Crippen LogP contribution is 2.24. The van der Waals surface area contributed by atoms with E-state index in [1.807, 2.05) is 16.7 Å². The van der Waals surface area contributed by atoms with Crippen LogP contribution >= 0.6 is 23.4 Å². The summed E-state index contributed by atoms with van der Waals surface area (Å²) in [5.74, 6) is 1.23. The van der Waals surface area contributed by atoms with Crippen LogP contribution in [0.2, 0.25) is 5.15 Å². The fourth-order valence-electron chi connectivity index (χ4n) is 3.36. The van der Waals surface area contributed by atoms with Crippen LogP contribution in [0.25, 0.3) is 0 Å². The molecule has 2 amide bonds. The van der Waals surface area contributed by atoms with Crippen molar-refractivity contribution in [2.75, 3.05) is 43.4 Å². The van der Waals surface area contributed by atoms with Crippen molar-refractivity contribution in [3.63, 3.8) is 0 Å². The minimum atomic E-state index is 0.0892. The van der Waals surface area contributed by atoms with Crippen LogP contribution in [-0.4, -0.2) is 76.1 Å². The number of aromatic nitrogens is 2. The quantitative estimate of drug-likeness (QED) is 0.361. The zero-order chi connectivity index (χ0) is 20.7. The zero-order valence-corrected chi connectivity index (χ0v) is 18.7. The minimum absolute atomic E-state index is 0.0892. The highest BCUT2D eigenvalue weighted by molar-refractivity contribution is 7.99. The summed E-state index contributed by atoms with van der Waals surface area (Å²) in [4.78, 5) is 38.9. The molecular weight excluding hydrogens is 398 g/mol. The van der Waals surface area contributed by atoms with E-state index in [2.05, 4.69) is 28.7 Å². The van der Waals surface area contributed by atoms with E-state index < -0.39 is 0 Å². The molecule has 1 aromatic heterocycles. The summed E-state index contributed by atoms with van der Waals surface area (Å²) in [6.07, 6.45) is 1.89. The Morgan fingerprint density at radius 2 is 1.93 bits per heavy atom. The van der Waals surface area contributed by atoms with Gasteiger partial charge in [0.2, 0.25) is 11.8 Å². The van der Waals surface area contributed by atoms with Crippen LogP contribution in [0.5, 0.6) is 0 Å². The van der Waals surface area contributed by atoms with E-state index in [-0.39, 0.29) is 17.9 Å². The van der Waals surface area contributed by atoms with E-state index >= 15 is 0 Å². The lowest BCUT2D eigenvalue weighted by Gasteiger charge is -2.40. The third-order valence-corrected chi connectivity index (χ3v) is 5.71. The van der Waals surface area contributed by atoms with Gasteiger partial charge in [0.25, 0.3) is 0 Å². The van der Waals surface area contributed by atoms with Gasteiger partial charge in [0, 0.05) is 51.8 Å². The SMILES string of the molecule is CCCN(CCC)C(=O)CSc1nc(Cl)cc(N2CCN(C(C)=O)[C@H](C)C2)n1. The number of carbonyl (C=O) groups excluding carboxylic acids is 2. The van der Waals surface area contributed by atoms with Crippen molar-refractivity contribution < 1.29 is 9.59 Å². The molecule has 2 rings (SSSR count). The van der Waals surface area contributed by atoms with Gasteiger partial charge in [0.15, 0.2) is 5.16 Å². The second kappa shape index (κ2) is 10.9. The highest BCUT2D eigenvalue weighted by Gasteiger charge is 2.26. The highest BCUT2D eigenvalue weighted by atomic mass is 35.5. The Balaban J connectivity index is 2.03. The molecule has 1 aliphatic rings. The van der Waals surface area contributed by atoms with Crippen LogP contribution in [0.4, 0.5) is 5.82 Å². The van der Waals surface area contributed by atoms with Crippen molar-refractivity contribution in [1.82, 2.24) is 19.8 Å². The molecule has 1 fully saturated rings. The average molecular weight is 428 g/mol. The summed E-state index contributed by atoms with van der Waals surface area (Å²) in [5.41, 5.74) is 0. The number of thioether (sulfide) groups is 1. The van der Waals surface area contributed by atoms with Crippen LogP contribution in [0.15, 0.2) is 11.2 Å². The summed E-state index contributed by atoms with van der Waals surface area (Å²) in [7, 11) is 0. The first-order chi connectivity index (χ1) is 13.3. The Labute approximate surface area is 176 Å². The summed E-state index contributed by atoms with van der Waals surface area (Å²) < 4.78 is 0. The first-order valence-electron chi connectivity index (χ1n) is 9.83. The van der Waals surface area contributed by atoms with E-state index in [4.69, 9.17) is 11.6 Å². The van der Waals surface area contributed by atoms with Crippen LogP contribution in [0.1, 0.15) is 40.5 Å². The normalized spacial score (nSPS) is 17.0. The molecule has 28 heavy (non-hydrogen) atoms. The first-order valence-corrected chi connectivity index (χ1v) is 11.2. The lowest BCUT2D eigenvalue weighted by Crippen LogP contribution is -2.53. The third kappa shape index (κ3) is 6.24. The van der Waals surface area contributed by atoms with Gasteiger partial charge in [-0.2, -0.15) is 0 Å². The predicted octanol–water partition coefficient (Wildman–Crippen LogP) is 2.93. The molecule has 1 aromatic rings. The summed E-state index contributed by atoms with van der Waals surface area (Å²) in [5, 5.41) is 0.867. The number of rotatable bonds is 8. The minimum Gasteiger partial charge on any atom is -0.353 e. The number of amides is 2. The number of nitrogens with zero attached hydrogens (tertiary/aromatic N) is 5. The van der Waals surface area contributed by atoms with Gasteiger partial charge in [-0.05, 0) is 19.8 Å². The van der Waals surface area contributed by atoms with Crippen LogP contribution in [-0.2, 0) is 9.59 Å². The van der Waals surface area contributed by atoms with Crippen molar-refractivity contribution in [3.8, 4) is 0 Å². The Bertz CT molecular complexity index is 684. The summed E-state index contributed by atoms with van der Waals surface area (Å²) in [6, 6.07) is 1.85. The fraction of sp³-hybridized carbons (Fsp3) is 0.684. The first kappa shape index (κ1) is 22.7. The number of carbonyl (C=O) groups is 2. The molecule has 1 saturated heterocycles. The molecule has 7 nitrogen and oxygen atoms in total. The number of hydrogen-bond acceptors (Lipinski definition) is 6. The number of piperazine rings is 1. The molecule has 0 aromatic carbocycles. The van der Waals surface area contributed by atoms with E-state index in [1.54, 1.807) is 13.0 Å². The molecule has 0 aliphatic carbocycles. The standard InChI is InChI=1S/C19H30ClN5O2S/c1-5-7-23(8-6-2)18(27)13-28-19-21-16(20)11-17(22-19)24-9-10-25(15(4)26)14(3)12-24/h11,14H,5-10,12-13H2,1-4H3/t14-/m1/s1. The molecule has 0 bridgehead atoms. The van der Waals surface area contributed by atoms with Gasteiger partial charge in [0.1, 0.15) is 11.0 Å². The van der Waals surface area contributed by atoms with Gasteiger partial charge in [-0.3, -0.25) is 9.59 Å². The Kier molecular flexibility index (Phi) is 8.82. The average Bonchev–Trinajstić information content (AvgIpc) is 2.65. The molecule has 2 heterocycles. The Hall–Kier alpha value is -1.54. The molecular formula is C19H30ClN5O2S. The maximum absolute atomic E-state index is 12.5. The molecule has 0 spiro atoms. The molecule has 0 N–H and O–H groups in total. The van der Waals surface area contributed by atoms with Crippen LogP contribution in [0.3, 0.4) is 0 Å². The lowest BCUT2D eigenvalue weighted by atomic mass is 10.2. The van der Waals surface area contributed by atoms with Crippen LogP contribution < -0.4 is 4.90 Å². The van der Waals surface area contributed by atoms with Crippen molar-refractivity contribution in [3.05, 3.63) is 11.2 Å². The van der Waals surface area contributed by atoms with Crippen molar-refractivity contribution >= 4 is 41.0 Å². The lowest BCUT2D eigenvalue weighted by molar-refractivity contribution is -0.131. The molecule has 156 valence electrons. The van der Waals surface area contributed by atoms with Gasteiger partial charge >= 0.3 is 0 Å². The predicted molar refractivity (Wildman–Crippen MR) is 114 cm³/mol. The molecule has 9 heteroatoms. The molecule has 0 saturated carbocycles. The van der Waals surface area contributed by atoms with E-state index in [9.17, 15) is 9.59 Å². The number of anilines is 1. The monoisotopic (exact) mass is 427 g/mol. The molecule has 0 radical (unpaired) electrons. The van der Waals surface area contributed by atoms with E-state index in [0.717, 1.165) is 31.7 Å². The van der Waals surface area contributed by atoms with Gasteiger partial charge < -0.3 is 14.7 Å². The maximum Gasteiger partial charge on any atom is 0.233 e. The largest absolute Gasteiger partial charge is 0.353 e. The number of halogens is 1. The third-order valence-electron chi connectivity index (χ3n) is 4.68. The summed E-state index contributed by atoms with van der Waals surface area (Å²) >= 11 is 7.53. The van der Waals surface area contributed by atoms with Crippen molar-refractivity contribution in [2.45, 2.75) is 51.7 Å². The van der Waals surface area contributed by atoms with Gasteiger partial charge in [-0.25, -0.2) is 9.97 Å². The van der Waals surface area contributed by atoms with Crippen LogP contribution in [0, 0.1) is 0 Å². The van der Waals surface area contributed by atoms with E-state index in [1.165, 1.54) is 11.8 Å².